The molecule has 0 saturated carbocycles. The Bertz CT molecular complexity index is 510. The predicted molar refractivity (Wildman–Crippen MR) is 77.7 cm³/mol. The lowest BCUT2D eigenvalue weighted by Gasteiger charge is -2.26. The first-order valence-electron chi connectivity index (χ1n) is 6.58. The van der Waals surface area contributed by atoms with Crippen LogP contribution < -0.4 is 10.6 Å². The molecule has 3 N–H and O–H groups in total. The molecule has 110 valence electrons. The van der Waals surface area contributed by atoms with E-state index in [1.54, 1.807) is 32.2 Å². The Labute approximate surface area is 119 Å². The Morgan fingerprint density at radius 2 is 1.95 bits per heavy atom. The third kappa shape index (κ3) is 4.26. The van der Waals surface area contributed by atoms with E-state index in [0.717, 1.165) is 0 Å². The van der Waals surface area contributed by atoms with Crippen molar-refractivity contribution >= 4 is 11.8 Å². The van der Waals surface area contributed by atoms with E-state index in [4.69, 9.17) is 0 Å². The van der Waals surface area contributed by atoms with Gasteiger partial charge in [-0.25, -0.2) is 0 Å². The topological polar surface area (TPSA) is 78.4 Å². The molecule has 0 atom stereocenters. The molecule has 0 aliphatic carbocycles. The van der Waals surface area contributed by atoms with Gasteiger partial charge in [0.1, 0.15) is 5.75 Å². The first kappa shape index (κ1) is 16.0. The van der Waals surface area contributed by atoms with Crippen LogP contribution in [0.2, 0.25) is 0 Å². The van der Waals surface area contributed by atoms with Crippen molar-refractivity contribution in [3.8, 4) is 5.75 Å². The van der Waals surface area contributed by atoms with E-state index in [0.29, 0.717) is 24.0 Å². The lowest BCUT2D eigenvalue weighted by atomic mass is 9.96. The van der Waals surface area contributed by atoms with Gasteiger partial charge in [0, 0.05) is 30.1 Å². The van der Waals surface area contributed by atoms with Crippen LogP contribution in [0, 0.1) is 6.92 Å². The van der Waals surface area contributed by atoms with Gasteiger partial charge in [0.05, 0.1) is 0 Å². The quantitative estimate of drug-likeness (QED) is 0.767. The molecular weight excluding hydrogens is 256 g/mol. The SMILES string of the molecule is CNC(=O)CCC(C)(C)NC(=O)c1cccc(O)c1C. The van der Waals surface area contributed by atoms with Crippen molar-refractivity contribution < 1.29 is 14.7 Å². The summed E-state index contributed by atoms with van der Waals surface area (Å²) in [4.78, 5) is 23.5. The minimum absolute atomic E-state index is 0.0548. The van der Waals surface area contributed by atoms with E-state index in [-0.39, 0.29) is 17.6 Å². The van der Waals surface area contributed by atoms with E-state index in [1.807, 2.05) is 13.8 Å². The molecular formula is C15H22N2O3. The average molecular weight is 278 g/mol. The first-order chi connectivity index (χ1) is 9.26. The summed E-state index contributed by atoms with van der Waals surface area (Å²) < 4.78 is 0. The monoisotopic (exact) mass is 278 g/mol. The van der Waals surface area contributed by atoms with Crippen LogP contribution in [-0.2, 0) is 4.79 Å². The summed E-state index contributed by atoms with van der Waals surface area (Å²) in [6.07, 6.45) is 0.888. The van der Waals surface area contributed by atoms with Gasteiger partial charge in [-0.05, 0) is 39.3 Å². The zero-order chi connectivity index (χ0) is 15.3. The molecule has 1 rings (SSSR count). The molecule has 0 aliphatic rings. The molecule has 0 heterocycles. The fourth-order valence-electron chi connectivity index (χ4n) is 1.86. The normalized spacial score (nSPS) is 11.0. The Kier molecular flexibility index (Phi) is 5.13. The third-order valence-electron chi connectivity index (χ3n) is 3.26. The van der Waals surface area contributed by atoms with Gasteiger partial charge < -0.3 is 15.7 Å². The largest absolute Gasteiger partial charge is 0.508 e. The number of rotatable bonds is 5. The van der Waals surface area contributed by atoms with Crippen molar-refractivity contribution in [1.82, 2.24) is 10.6 Å². The van der Waals surface area contributed by atoms with Gasteiger partial charge in [0.15, 0.2) is 0 Å². The molecule has 20 heavy (non-hydrogen) atoms. The lowest BCUT2D eigenvalue weighted by molar-refractivity contribution is -0.121. The summed E-state index contributed by atoms with van der Waals surface area (Å²) in [6.45, 7) is 5.43. The van der Waals surface area contributed by atoms with Crippen LogP contribution >= 0.6 is 0 Å². The summed E-state index contributed by atoms with van der Waals surface area (Å²) in [6, 6.07) is 4.84. The van der Waals surface area contributed by atoms with Crippen LogP contribution in [0.4, 0.5) is 0 Å². The minimum atomic E-state index is -0.499. The molecule has 0 aliphatic heterocycles. The van der Waals surface area contributed by atoms with E-state index in [9.17, 15) is 14.7 Å². The molecule has 0 radical (unpaired) electrons. The van der Waals surface area contributed by atoms with Gasteiger partial charge in [-0.1, -0.05) is 6.07 Å². The van der Waals surface area contributed by atoms with Gasteiger partial charge in [0.25, 0.3) is 5.91 Å². The molecule has 0 aromatic heterocycles. The van der Waals surface area contributed by atoms with Crippen molar-refractivity contribution in [2.45, 2.75) is 39.2 Å². The number of nitrogens with one attached hydrogen (secondary N) is 2. The first-order valence-corrected chi connectivity index (χ1v) is 6.58. The predicted octanol–water partition coefficient (Wildman–Crippen LogP) is 1.74. The van der Waals surface area contributed by atoms with E-state index < -0.39 is 5.54 Å². The standard InChI is InChI=1S/C15H22N2O3/c1-10-11(6-5-7-12(10)18)14(20)17-15(2,3)9-8-13(19)16-4/h5-7,18H,8-9H2,1-4H3,(H,16,19)(H,17,20). The molecule has 0 saturated heterocycles. The van der Waals surface area contributed by atoms with Gasteiger partial charge in [-0.2, -0.15) is 0 Å². The molecule has 0 unspecified atom stereocenters. The van der Waals surface area contributed by atoms with Crippen LogP contribution in [0.15, 0.2) is 18.2 Å². The highest BCUT2D eigenvalue weighted by Crippen LogP contribution is 2.20. The second-order valence-electron chi connectivity index (χ2n) is 5.46. The molecule has 5 nitrogen and oxygen atoms in total. The number of phenols is 1. The molecule has 1 aromatic carbocycles. The van der Waals surface area contributed by atoms with Crippen LogP contribution in [0.25, 0.3) is 0 Å². The van der Waals surface area contributed by atoms with Crippen LogP contribution in [0.3, 0.4) is 0 Å². The maximum absolute atomic E-state index is 12.2. The van der Waals surface area contributed by atoms with Crippen molar-refractivity contribution in [2.75, 3.05) is 7.05 Å². The maximum Gasteiger partial charge on any atom is 0.252 e. The number of amides is 2. The van der Waals surface area contributed by atoms with Crippen molar-refractivity contribution in [2.24, 2.45) is 0 Å². The van der Waals surface area contributed by atoms with Crippen molar-refractivity contribution in [3.05, 3.63) is 29.3 Å². The van der Waals surface area contributed by atoms with Crippen molar-refractivity contribution in [1.29, 1.82) is 0 Å². The van der Waals surface area contributed by atoms with E-state index in [1.165, 1.54) is 0 Å². The molecule has 0 bridgehead atoms. The molecule has 1 aromatic rings. The summed E-state index contributed by atoms with van der Waals surface area (Å²) in [7, 11) is 1.59. The Balaban J connectivity index is 2.74. The zero-order valence-electron chi connectivity index (χ0n) is 12.4. The molecule has 2 amide bonds. The number of carbonyl (C=O) groups is 2. The summed E-state index contributed by atoms with van der Waals surface area (Å²) in [5, 5.41) is 15.1. The smallest absolute Gasteiger partial charge is 0.252 e. The van der Waals surface area contributed by atoms with Crippen LogP contribution in [0.1, 0.15) is 42.6 Å². The van der Waals surface area contributed by atoms with E-state index in [2.05, 4.69) is 10.6 Å². The van der Waals surface area contributed by atoms with Crippen LogP contribution in [-0.4, -0.2) is 29.5 Å². The Morgan fingerprint density at radius 3 is 2.55 bits per heavy atom. The fourth-order valence-corrected chi connectivity index (χ4v) is 1.86. The number of benzene rings is 1. The van der Waals surface area contributed by atoms with Gasteiger partial charge in [-0.15, -0.1) is 0 Å². The molecule has 0 spiro atoms. The highest BCUT2D eigenvalue weighted by molar-refractivity contribution is 5.96. The summed E-state index contributed by atoms with van der Waals surface area (Å²) >= 11 is 0. The molecule has 5 heteroatoms. The number of hydrogen-bond acceptors (Lipinski definition) is 3. The second-order valence-corrected chi connectivity index (χ2v) is 5.46. The lowest BCUT2D eigenvalue weighted by Crippen LogP contribution is -2.44. The number of phenolic OH excluding ortho intramolecular Hbond substituents is 1. The summed E-state index contributed by atoms with van der Waals surface area (Å²) in [5.41, 5.74) is 0.492. The van der Waals surface area contributed by atoms with E-state index >= 15 is 0 Å². The van der Waals surface area contributed by atoms with Gasteiger partial charge >= 0.3 is 0 Å². The zero-order valence-corrected chi connectivity index (χ0v) is 12.4. The minimum Gasteiger partial charge on any atom is -0.508 e. The average Bonchev–Trinajstić information content (AvgIpc) is 2.38. The van der Waals surface area contributed by atoms with Crippen molar-refractivity contribution in [3.63, 3.8) is 0 Å². The fraction of sp³-hybridized carbons (Fsp3) is 0.467. The number of carbonyl (C=O) groups excluding carboxylic acids is 2. The second kappa shape index (κ2) is 6.41. The third-order valence-corrected chi connectivity index (χ3v) is 3.26. The summed E-state index contributed by atoms with van der Waals surface area (Å²) in [5.74, 6) is -0.206. The van der Waals surface area contributed by atoms with Gasteiger partial charge in [0.2, 0.25) is 5.91 Å². The van der Waals surface area contributed by atoms with Crippen LogP contribution in [0.5, 0.6) is 5.75 Å². The highest BCUT2D eigenvalue weighted by atomic mass is 16.3. The Hall–Kier alpha value is -2.04. The number of hydrogen-bond donors (Lipinski definition) is 3. The van der Waals surface area contributed by atoms with Gasteiger partial charge in [-0.3, -0.25) is 9.59 Å². The molecule has 0 fully saturated rings. The highest BCUT2D eigenvalue weighted by Gasteiger charge is 2.23. The maximum atomic E-state index is 12.2. The number of aromatic hydroxyl groups is 1. The Morgan fingerprint density at radius 1 is 1.30 bits per heavy atom.